The Balaban J connectivity index is 3.28. The minimum atomic E-state index is -2.86. The molecule has 0 aliphatic heterocycles. The minimum Gasteiger partial charge on any atom is -0.252 e. The monoisotopic (exact) mass is 203 g/mol. The first-order valence-corrected chi connectivity index (χ1v) is 4.27. The van der Waals surface area contributed by atoms with Gasteiger partial charge in [-0.25, -0.2) is 13.2 Å². The van der Waals surface area contributed by atoms with Gasteiger partial charge in [-0.15, -0.1) is 0 Å². The lowest BCUT2D eigenvalue weighted by Gasteiger charge is -2.20. The Morgan fingerprint density at radius 3 is 2.29 bits per heavy atom. The lowest BCUT2D eigenvalue weighted by Crippen LogP contribution is -2.15. The summed E-state index contributed by atoms with van der Waals surface area (Å²) in [6.45, 7) is 5.29. The molecule has 0 amide bonds. The maximum absolute atomic E-state index is 13.5. The zero-order valence-corrected chi connectivity index (χ0v) is 8.31. The van der Waals surface area contributed by atoms with Crippen LogP contribution in [0.4, 0.5) is 13.2 Å². The molecule has 0 aromatic carbocycles. The molecule has 0 unspecified atom stereocenters. The van der Waals surface area contributed by atoms with Gasteiger partial charge in [-0.3, -0.25) is 4.98 Å². The third-order valence-electron chi connectivity index (χ3n) is 1.93. The van der Waals surface area contributed by atoms with E-state index >= 15 is 0 Å². The summed E-state index contributed by atoms with van der Waals surface area (Å²) in [6, 6.07) is 1.43. The molecule has 1 nitrogen and oxygen atoms in total. The SMILES string of the molecule is CC(C)(C)c1ccnc(C(F)F)c1F. The van der Waals surface area contributed by atoms with Crippen LogP contribution in [0.2, 0.25) is 0 Å². The van der Waals surface area contributed by atoms with Crippen LogP contribution >= 0.6 is 0 Å². The molecule has 0 fully saturated rings. The Bertz CT molecular complexity index is 329. The molecule has 14 heavy (non-hydrogen) atoms. The third kappa shape index (κ3) is 2.05. The molecule has 4 heteroatoms. The van der Waals surface area contributed by atoms with E-state index in [0.717, 1.165) is 0 Å². The maximum Gasteiger partial charge on any atom is 0.283 e. The van der Waals surface area contributed by atoms with Gasteiger partial charge in [-0.05, 0) is 17.0 Å². The molecule has 0 N–H and O–H groups in total. The predicted octanol–water partition coefficient (Wildman–Crippen LogP) is 3.46. The number of hydrogen-bond acceptors (Lipinski definition) is 1. The highest BCUT2D eigenvalue weighted by molar-refractivity contribution is 5.26. The first-order valence-electron chi connectivity index (χ1n) is 4.27. The van der Waals surface area contributed by atoms with Gasteiger partial charge < -0.3 is 0 Å². The summed E-state index contributed by atoms with van der Waals surface area (Å²) in [4.78, 5) is 3.33. The molecule has 0 radical (unpaired) electrons. The van der Waals surface area contributed by atoms with Gasteiger partial charge in [-0.1, -0.05) is 20.8 Å². The van der Waals surface area contributed by atoms with Crippen molar-refractivity contribution in [1.82, 2.24) is 4.98 Å². The summed E-state index contributed by atoms with van der Waals surface area (Å²) in [5.41, 5.74) is -0.989. The second-order valence-corrected chi connectivity index (χ2v) is 4.11. The average Bonchev–Trinajstić information content (AvgIpc) is 2.01. The van der Waals surface area contributed by atoms with E-state index < -0.39 is 23.4 Å². The molecule has 1 rings (SSSR count). The van der Waals surface area contributed by atoms with E-state index in [1.165, 1.54) is 12.3 Å². The van der Waals surface area contributed by atoms with Gasteiger partial charge in [0.25, 0.3) is 6.43 Å². The Hall–Kier alpha value is -1.06. The largest absolute Gasteiger partial charge is 0.283 e. The molecule has 1 aromatic rings. The molecule has 1 aromatic heterocycles. The molecule has 0 bridgehead atoms. The predicted molar refractivity (Wildman–Crippen MR) is 47.9 cm³/mol. The van der Waals surface area contributed by atoms with Crippen molar-refractivity contribution in [2.45, 2.75) is 32.6 Å². The fourth-order valence-electron chi connectivity index (χ4n) is 1.19. The first kappa shape index (κ1) is 11.0. The Kier molecular flexibility index (Phi) is 2.83. The summed E-state index contributed by atoms with van der Waals surface area (Å²) < 4.78 is 38.1. The van der Waals surface area contributed by atoms with E-state index in [2.05, 4.69) is 4.98 Å². The normalized spacial score (nSPS) is 12.2. The van der Waals surface area contributed by atoms with Crippen LogP contribution in [-0.4, -0.2) is 4.98 Å². The van der Waals surface area contributed by atoms with Crippen LogP contribution in [0.5, 0.6) is 0 Å². The van der Waals surface area contributed by atoms with Gasteiger partial charge in [0.15, 0.2) is 5.82 Å². The summed E-state index contributed by atoms with van der Waals surface area (Å²) in [5.74, 6) is -0.894. The highest BCUT2D eigenvalue weighted by Gasteiger charge is 2.24. The van der Waals surface area contributed by atoms with Gasteiger partial charge >= 0.3 is 0 Å². The van der Waals surface area contributed by atoms with E-state index in [1.807, 2.05) is 0 Å². The first-order chi connectivity index (χ1) is 6.34. The standard InChI is InChI=1S/C10H12F3N/c1-10(2,3)6-4-5-14-8(7(6)11)9(12)13/h4-5,9H,1-3H3. The van der Waals surface area contributed by atoms with E-state index in [9.17, 15) is 13.2 Å². The molecule has 0 spiro atoms. The Morgan fingerprint density at radius 2 is 1.86 bits per heavy atom. The minimum absolute atomic E-state index is 0.266. The van der Waals surface area contributed by atoms with Gasteiger partial charge in [0.05, 0.1) is 0 Å². The van der Waals surface area contributed by atoms with Crippen molar-refractivity contribution in [3.8, 4) is 0 Å². The van der Waals surface area contributed by atoms with Crippen molar-refractivity contribution < 1.29 is 13.2 Å². The third-order valence-corrected chi connectivity index (χ3v) is 1.93. The topological polar surface area (TPSA) is 12.9 Å². The van der Waals surface area contributed by atoms with Gasteiger partial charge in [-0.2, -0.15) is 0 Å². The summed E-state index contributed by atoms with van der Waals surface area (Å²) in [6.07, 6.45) is -1.65. The molecule has 0 aliphatic carbocycles. The van der Waals surface area contributed by atoms with Crippen molar-refractivity contribution in [2.24, 2.45) is 0 Å². The fraction of sp³-hybridized carbons (Fsp3) is 0.500. The number of aromatic nitrogens is 1. The van der Waals surface area contributed by atoms with Crippen LogP contribution in [0, 0.1) is 5.82 Å². The molecule has 0 saturated carbocycles. The zero-order valence-electron chi connectivity index (χ0n) is 8.31. The summed E-state index contributed by atoms with van der Waals surface area (Å²) in [7, 11) is 0. The number of nitrogens with zero attached hydrogens (tertiary/aromatic N) is 1. The quantitative estimate of drug-likeness (QED) is 0.681. The maximum atomic E-state index is 13.5. The van der Waals surface area contributed by atoms with Crippen molar-refractivity contribution in [2.75, 3.05) is 0 Å². The molecular weight excluding hydrogens is 191 g/mol. The van der Waals surface area contributed by atoms with Gasteiger partial charge in [0, 0.05) is 6.20 Å². The Morgan fingerprint density at radius 1 is 1.29 bits per heavy atom. The summed E-state index contributed by atoms with van der Waals surface area (Å²) >= 11 is 0. The summed E-state index contributed by atoms with van der Waals surface area (Å²) in [5, 5.41) is 0. The molecular formula is C10H12F3N. The van der Waals surface area contributed by atoms with Crippen LogP contribution in [0.25, 0.3) is 0 Å². The van der Waals surface area contributed by atoms with Crippen molar-refractivity contribution in [3.63, 3.8) is 0 Å². The number of rotatable bonds is 1. The molecule has 1 heterocycles. The van der Waals surface area contributed by atoms with Gasteiger partial charge in [0.1, 0.15) is 5.69 Å². The molecule has 0 aliphatic rings. The van der Waals surface area contributed by atoms with Crippen LogP contribution in [0.15, 0.2) is 12.3 Å². The van der Waals surface area contributed by atoms with Crippen LogP contribution in [0.1, 0.15) is 38.5 Å². The van der Waals surface area contributed by atoms with Crippen molar-refractivity contribution in [3.05, 3.63) is 29.3 Å². The second-order valence-electron chi connectivity index (χ2n) is 4.11. The average molecular weight is 203 g/mol. The van der Waals surface area contributed by atoms with Crippen molar-refractivity contribution >= 4 is 0 Å². The van der Waals surface area contributed by atoms with Crippen LogP contribution < -0.4 is 0 Å². The molecule has 78 valence electrons. The highest BCUT2D eigenvalue weighted by Crippen LogP contribution is 2.29. The molecule has 0 atom stereocenters. The van der Waals surface area contributed by atoms with E-state index in [0.29, 0.717) is 0 Å². The van der Waals surface area contributed by atoms with E-state index in [1.54, 1.807) is 20.8 Å². The van der Waals surface area contributed by atoms with E-state index in [4.69, 9.17) is 0 Å². The zero-order chi connectivity index (χ0) is 10.9. The Labute approximate surface area is 81.0 Å². The lowest BCUT2D eigenvalue weighted by atomic mass is 9.87. The number of pyridine rings is 1. The number of halogens is 3. The van der Waals surface area contributed by atoms with E-state index in [-0.39, 0.29) is 5.56 Å². The second kappa shape index (κ2) is 3.59. The lowest BCUT2D eigenvalue weighted by molar-refractivity contribution is 0.140. The number of alkyl halides is 2. The van der Waals surface area contributed by atoms with Crippen LogP contribution in [-0.2, 0) is 5.41 Å². The fourth-order valence-corrected chi connectivity index (χ4v) is 1.19. The van der Waals surface area contributed by atoms with Gasteiger partial charge in [0.2, 0.25) is 0 Å². The van der Waals surface area contributed by atoms with Crippen molar-refractivity contribution in [1.29, 1.82) is 0 Å². The molecule has 0 saturated heterocycles. The van der Waals surface area contributed by atoms with Crippen LogP contribution in [0.3, 0.4) is 0 Å². The number of hydrogen-bond donors (Lipinski definition) is 0. The highest BCUT2D eigenvalue weighted by atomic mass is 19.3. The smallest absolute Gasteiger partial charge is 0.252 e.